The third-order valence-electron chi connectivity index (χ3n) is 3.67. The van der Waals surface area contributed by atoms with Crippen molar-refractivity contribution in [3.8, 4) is 10.6 Å². The molecule has 2 aromatic rings. The van der Waals surface area contributed by atoms with Gasteiger partial charge in [0.15, 0.2) is 0 Å². The van der Waals surface area contributed by atoms with E-state index in [1.165, 1.54) is 30.6 Å². The Morgan fingerprint density at radius 1 is 1.37 bits per heavy atom. The highest BCUT2D eigenvalue weighted by Gasteiger charge is 2.22. The van der Waals surface area contributed by atoms with E-state index < -0.39 is 5.97 Å². The Hall–Kier alpha value is -1.62. The molecule has 0 aliphatic heterocycles. The summed E-state index contributed by atoms with van der Waals surface area (Å²) >= 11 is 1.53. The van der Waals surface area contributed by atoms with Gasteiger partial charge in [0.25, 0.3) is 0 Å². The van der Waals surface area contributed by atoms with Crippen molar-refractivity contribution in [3.63, 3.8) is 0 Å². The molecular formula is C14H16N2O2S. The summed E-state index contributed by atoms with van der Waals surface area (Å²) in [6.45, 7) is 0. The van der Waals surface area contributed by atoms with Crippen LogP contribution >= 0.6 is 11.3 Å². The van der Waals surface area contributed by atoms with Crippen LogP contribution in [0.2, 0.25) is 0 Å². The molecule has 3 rings (SSSR count). The lowest BCUT2D eigenvalue weighted by Crippen LogP contribution is -2.13. The minimum atomic E-state index is -0.898. The molecule has 1 aliphatic carbocycles. The van der Waals surface area contributed by atoms with Gasteiger partial charge < -0.3 is 5.11 Å². The molecule has 2 aromatic heterocycles. The summed E-state index contributed by atoms with van der Waals surface area (Å²) in [6.07, 6.45) is 7.60. The van der Waals surface area contributed by atoms with Crippen LogP contribution in [-0.4, -0.2) is 20.9 Å². The first-order valence-electron chi connectivity index (χ1n) is 6.62. The predicted octanol–water partition coefficient (Wildman–Crippen LogP) is 3.82. The van der Waals surface area contributed by atoms with Crippen LogP contribution in [0.15, 0.2) is 23.7 Å². The third kappa shape index (κ3) is 2.42. The zero-order chi connectivity index (χ0) is 13.2. The average Bonchev–Trinajstić information content (AvgIpc) is 3.08. The molecule has 4 nitrogen and oxygen atoms in total. The molecule has 100 valence electrons. The Bertz CT molecular complexity index is 568. The van der Waals surface area contributed by atoms with Crippen LogP contribution in [-0.2, 0) is 0 Å². The van der Waals surface area contributed by atoms with Crippen molar-refractivity contribution in [2.75, 3.05) is 0 Å². The van der Waals surface area contributed by atoms with Gasteiger partial charge in [-0.1, -0.05) is 25.3 Å². The molecular weight excluding hydrogens is 260 g/mol. The lowest BCUT2D eigenvalue weighted by Gasteiger charge is -2.21. The van der Waals surface area contributed by atoms with Gasteiger partial charge in [-0.3, -0.25) is 4.68 Å². The topological polar surface area (TPSA) is 55.1 Å². The molecule has 0 radical (unpaired) electrons. The minimum absolute atomic E-state index is 0.313. The van der Waals surface area contributed by atoms with E-state index in [1.807, 2.05) is 22.2 Å². The number of carboxylic acid groups (broad SMARTS) is 1. The van der Waals surface area contributed by atoms with E-state index in [4.69, 9.17) is 0 Å². The molecule has 0 saturated heterocycles. The fraction of sp³-hybridized carbons (Fsp3) is 0.429. The monoisotopic (exact) mass is 276 g/mol. The third-order valence-corrected chi connectivity index (χ3v) is 4.54. The van der Waals surface area contributed by atoms with E-state index >= 15 is 0 Å². The largest absolute Gasteiger partial charge is 0.478 e. The second-order valence-corrected chi connectivity index (χ2v) is 5.89. The number of aromatic carboxylic acids is 1. The van der Waals surface area contributed by atoms with Crippen LogP contribution in [0.5, 0.6) is 0 Å². The molecule has 0 unspecified atom stereocenters. The van der Waals surface area contributed by atoms with Crippen LogP contribution in [0.4, 0.5) is 0 Å². The molecule has 19 heavy (non-hydrogen) atoms. The lowest BCUT2D eigenvalue weighted by atomic mass is 9.96. The quantitative estimate of drug-likeness (QED) is 0.927. The van der Waals surface area contributed by atoms with Crippen molar-refractivity contribution in [3.05, 3.63) is 29.3 Å². The van der Waals surface area contributed by atoms with Gasteiger partial charge in [-0.2, -0.15) is 5.10 Å². The molecule has 0 bridgehead atoms. The van der Waals surface area contributed by atoms with E-state index in [9.17, 15) is 9.90 Å². The second kappa shape index (κ2) is 5.17. The first-order chi connectivity index (χ1) is 9.25. The summed E-state index contributed by atoms with van der Waals surface area (Å²) in [6, 6.07) is 4.20. The number of nitrogens with zero attached hydrogens (tertiary/aromatic N) is 2. The highest BCUT2D eigenvalue weighted by molar-refractivity contribution is 7.13. The first-order valence-corrected chi connectivity index (χ1v) is 7.50. The predicted molar refractivity (Wildman–Crippen MR) is 74.6 cm³/mol. The number of hydrogen-bond acceptors (Lipinski definition) is 3. The summed E-state index contributed by atoms with van der Waals surface area (Å²) in [5.41, 5.74) is 0.918. The number of thiophene rings is 1. The Morgan fingerprint density at radius 2 is 2.16 bits per heavy atom. The minimum Gasteiger partial charge on any atom is -0.478 e. The standard InChI is InChI=1S/C14H16N2O2S/c17-14(18)11-9-16(10-5-2-1-3-6-10)15-13(11)12-7-4-8-19-12/h4,7-10H,1-3,5-6H2,(H,17,18). The summed E-state index contributed by atoms with van der Waals surface area (Å²) < 4.78 is 1.87. The maximum atomic E-state index is 11.4. The van der Waals surface area contributed by atoms with Crippen LogP contribution in [0.1, 0.15) is 48.5 Å². The van der Waals surface area contributed by atoms with Crippen LogP contribution in [0.25, 0.3) is 10.6 Å². The second-order valence-electron chi connectivity index (χ2n) is 4.95. The van der Waals surface area contributed by atoms with Crippen LogP contribution in [0.3, 0.4) is 0 Å². The molecule has 1 saturated carbocycles. The molecule has 1 aliphatic rings. The normalized spacial score (nSPS) is 16.6. The molecule has 0 amide bonds. The Morgan fingerprint density at radius 3 is 2.79 bits per heavy atom. The summed E-state index contributed by atoms with van der Waals surface area (Å²) in [4.78, 5) is 12.3. The fourth-order valence-corrected chi connectivity index (χ4v) is 3.40. The van der Waals surface area contributed by atoms with Gasteiger partial charge in [0.1, 0.15) is 11.3 Å². The number of carbonyl (C=O) groups is 1. The van der Waals surface area contributed by atoms with Gasteiger partial charge >= 0.3 is 5.97 Å². The molecule has 0 spiro atoms. The summed E-state index contributed by atoms with van der Waals surface area (Å²) in [7, 11) is 0. The average molecular weight is 276 g/mol. The number of hydrogen-bond donors (Lipinski definition) is 1. The van der Waals surface area contributed by atoms with E-state index in [1.54, 1.807) is 6.20 Å². The maximum Gasteiger partial charge on any atom is 0.339 e. The Kier molecular flexibility index (Phi) is 3.38. The Balaban J connectivity index is 1.99. The fourth-order valence-electron chi connectivity index (χ4n) is 2.68. The number of carboxylic acids is 1. The highest BCUT2D eigenvalue weighted by atomic mass is 32.1. The van der Waals surface area contributed by atoms with Gasteiger partial charge in [0.05, 0.1) is 10.9 Å². The first kappa shape index (κ1) is 12.4. The van der Waals surface area contributed by atoms with Gasteiger partial charge in [0, 0.05) is 6.20 Å². The molecule has 0 atom stereocenters. The Labute approximate surface area is 115 Å². The number of rotatable bonds is 3. The van der Waals surface area contributed by atoms with Crippen LogP contribution < -0.4 is 0 Å². The molecule has 1 N–H and O–H groups in total. The van der Waals surface area contributed by atoms with Gasteiger partial charge in [0.2, 0.25) is 0 Å². The zero-order valence-electron chi connectivity index (χ0n) is 10.6. The highest BCUT2D eigenvalue weighted by Crippen LogP contribution is 2.32. The van der Waals surface area contributed by atoms with Gasteiger partial charge in [-0.05, 0) is 24.3 Å². The van der Waals surface area contributed by atoms with Crippen molar-refractivity contribution in [1.82, 2.24) is 9.78 Å². The smallest absolute Gasteiger partial charge is 0.339 e. The van der Waals surface area contributed by atoms with Gasteiger partial charge in [-0.15, -0.1) is 11.3 Å². The zero-order valence-corrected chi connectivity index (χ0v) is 11.4. The maximum absolute atomic E-state index is 11.4. The van der Waals surface area contributed by atoms with Crippen molar-refractivity contribution < 1.29 is 9.90 Å². The van der Waals surface area contributed by atoms with Gasteiger partial charge in [-0.25, -0.2) is 4.79 Å². The molecule has 2 heterocycles. The van der Waals surface area contributed by atoms with Crippen LogP contribution in [0, 0.1) is 0 Å². The van der Waals surface area contributed by atoms with E-state index in [0.29, 0.717) is 17.3 Å². The van der Waals surface area contributed by atoms with E-state index in [0.717, 1.165) is 17.7 Å². The van der Waals surface area contributed by atoms with E-state index in [-0.39, 0.29) is 0 Å². The van der Waals surface area contributed by atoms with Crippen molar-refractivity contribution >= 4 is 17.3 Å². The summed E-state index contributed by atoms with van der Waals surface area (Å²) in [5.74, 6) is -0.898. The van der Waals surface area contributed by atoms with Crippen molar-refractivity contribution in [1.29, 1.82) is 0 Å². The van der Waals surface area contributed by atoms with Crippen molar-refractivity contribution in [2.45, 2.75) is 38.1 Å². The number of aromatic nitrogens is 2. The summed E-state index contributed by atoms with van der Waals surface area (Å²) in [5, 5.41) is 15.8. The van der Waals surface area contributed by atoms with Crippen molar-refractivity contribution in [2.24, 2.45) is 0 Å². The SMILES string of the molecule is O=C(O)c1cn(C2CCCCC2)nc1-c1cccs1. The molecule has 0 aromatic carbocycles. The molecule has 5 heteroatoms. The van der Waals surface area contributed by atoms with E-state index in [2.05, 4.69) is 5.10 Å². The molecule has 1 fully saturated rings. The lowest BCUT2D eigenvalue weighted by molar-refractivity contribution is 0.0697.